The van der Waals surface area contributed by atoms with Gasteiger partial charge >= 0.3 is 0 Å². The number of hydrogen-bond acceptors (Lipinski definition) is 4. The van der Waals surface area contributed by atoms with Crippen molar-refractivity contribution in [3.63, 3.8) is 0 Å². The molecule has 3 aromatic heterocycles. The number of pyridine rings is 1. The van der Waals surface area contributed by atoms with Gasteiger partial charge in [0.2, 0.25) is 0 Å². The van der Waals surface area contributed by atoms with Crippen LogP contribution in [-0.2, 0) is 0 Å². The molecule has 0 saturated heterocycles. The van der Waals surface area contributed by atoms with Crippen LogP contribution in [0.2, 0.25) is 0 Å². The maximum absolute atomic E-state index is 6.54. The van der Waals surface area contributed by atoms with Crippen LogP contribution in [0.4, 0.5) is 0 Å². The second kappa shape index (κ2) is 13.1. The molecular formula is C46H34N4O2. The summed E-state index contributed by atoms with van der Waals surface area (Å²) in [7, 11) is 1.67. The van der Waals surface area contributed by atoms with Crippen LogP contribution in [0.1, 0.15) is 5.56 Å². The molecule has 52 heavy (non-hydrogen) atoms. The van der Waals surface area contributed by atoms with Gasteiger partial charge in [0, 0.05) is 52.5 Å². The number of rotatable bonds is 8. The maximum atomic E-state index is 6.54. The van der Waals surface area contributed by atoms with Gasteiger partial charge in [-0.05, 0) is 71.1 Å². The second-order valence-corrected chi connectivity index (χ2v) is 12.8. The third-order valence-electron chi connectivity index (χ3n) is 9.47. The lowest BCUT2D eigenvalue weighted by Gasteiger charge is -2.16. The van der Waals surface area contributed by atoms with Crippen molar-refractivity contribution in [1.82, 2.24) is 19.3 Å². The lowest BCUT2D eigenvalue weighted by Crippen LogP contribution is -1.98. The minimum atomic E-state index is 0.710. The Bertz CT molecular complexity index is 2650. The van der Waals surface area contributed by atoms with Gasteiger partial charge in [0.05, 0.1) is 30.0 Å². The first-order valence-electron chi connectivity index (χ1n) is 17.3. The van der Waals surface area contributed by atoms with Crippen LogP contribution in [-0.4, -0.2) is 26.4 Å². The summed E-state index contributed by atoms with van der Waals surface area (Å²) in [5.74, 6) is 2.95. The molecule has 0 aliphatic rings. The molecule has 0 bridgehead atoms. The molecule has 9 rings (SSSR count). The number of hydrogen-bond donors (Lipinski definition) is 0. The van der Waals surface area contributed by atoms with E-state index in [9.17, 15) is 0 Å². The van der Waals surface area contributed by atoms with Crippen LogP contribution in [0.5, 0.6) is 17.2 Å². The highest BCUT2D eigenvalue weighted by molar-refractivity contribution is 6.09. The Morgan fingerprint density at radius 1 is 0.558 bits per heavy atom. The number of benzene rings is 6. The summed E-state index contributed by atoms with van der Waals surface area (Å²) in [4.78, 5) is 4.69. The summed E-state index contributed by atoms with van der Waals surface area (Å²) >= 11 is 0. The van der Waals surface area contributed by atoms with Crippen LogP contribution in [0.25, 0.3) is 66.7 Å². The molecule has 0 unspecified atom stereocenters. The average Bonchev–Trinajstić information content (AvgIpc) is 3.82. The second-order valence-electron chi connectivity index (χ2n) is 12.8. The molecule has 0 N–H and O–H groups in total. The van der Waals surface area contributed by atoms with E-state index in [1.165, 1.54) is 27.8 Å². The highest BCUT2D eigenvalue weighted by Gasteiger charge is 2.18. The van der Waals surface area contributed by atoms with Gasteiger partial charge in [0.15, 0.2) is 0 Å². The third-order valence-corrected chi connectivity index (χ3v) is 9.47. The van der Waals surface area contributed by atoms with E-state index in [1.807, 2.05) is 59.4 Å². The molecular weight excluding hydrogens is 641 g/mol. The number of ether oxygens (including phenoxy) is 2. The minimum Gasteiger partial charge on any atom is -0.497 e. The van der Waals surface area contributed by atoms with E-state index in [1.54, 1.807) is 13.3 Å². The topological polar surface area (TPSA) is 54.1 Å². The Hall–Kier alpha value is -6.92. The lowest BCUT2D eigenvalue weighted by atomic mass is 9.87. The van der Waals surface area contributed by atoms with Crippen molar-refractivity contribution in [2.75, 3.05) is 7.11 Å². The summed E-state index contributed by atoms with van der Waals surface area (Å²) < 4.78 is 16.1. The molecule has 6 heteroatoms. The quantitative estimate of drug-likeness (QED) is 0.161. The van der Waals surface area contributed by atoms with Gasteiger partial charge in [-0.1, -0.05) is 97.1 Å². The molecule has 0 atom stereocenters. The van der Waals surface area contributed by atoms with Crippen LogP contribution in [0, 0.1) is 6.92 Å². The van der Waals surface area contributed by atoms with Crippen molar-refractivity contribution >= 4 is 21.8 Å². The van der Waals surface area contributed by atoms with Gasteiger partial charge in [-0.2, -0.15) is 5.10 Å². The fourth-order valence-electron chi connectivity index (χ4n) is 7.12. The number of aromatic nitrogens is 4. The Morgan fingerprint density at radius 2 is 1.25 bits per heavy atom. The summed E-state index contributed by atoms with van der Waals surface area (Å²) in [6.07, 6.45) is 5.83. The van der Waals surface area contributed by atoms with Gasteiger partial charge in [0.1, 0.15) is 23.1 Å². The van der Waals surface area contributed by atoms with Gasteiger partial charge < -0.3 is 9.47 Å². The molecule has 0 spiro atoms. The van der Waals surface area contributed by atoms with Gasteiger partial charge in [-0.3, -0.25) is 4.57 Å². The standard InChI is InChI=1S/C46H34N4O2/c1-31-24-41(32-12-5-3-6-13-32)46(42(25-31)33-14-7-4-8-15-33)34-29-48-49(30-34)35-16-11-17-37(26-35)52-38-20-21-40-39-18-9-10-19-43(39)50(44(40)27-38)45-28-36(51-2)22-23-47-45/h3-30H,1-2H3. The smallest absolute Gasteiger partial charge is 0.141 e. The summed E-state index contributed by atoms with van der Waals surface area (Å²) in [6.45, 7) is 2.16. The van der Waals surface area contributed by atoms with Crippen LogP contribution < -0.4 is 9.47 Å². The molecule has 9 aromatic rings. The Morgan fingerprint density at radius 3 is 2.00 bits per heavy atom. The molecule has 0 fully saturated rings. The van der Waals surface area contributed by atoms with Crippen molar-refractivity contribution in [2.24, 2.45) is 0 Å². The number of para-hydroxylation sites is 1. The van der Waals surface area contributed by atoms with Crippen LogP contribution in [0.3, 0.4) is 0 Å². The summed E-state index contributed by atoms with van der Waals surface area (Å²) in [5, 5.41) is 7.13. The zero-order valence-electron chi connectivity index (χ0n) is 28.8. The van der Waals surface area contributed by atoms with Crippen molar-refractivity contribution in [2.45, 2.75) is 6.92 Å². The zero-order valence-corrected chi connectivity index (χ0v) is 28.8. The average molecular weight is 675 g/mol. The SMILES string of the molecule is COc1ccnc(-n2c3ccccc3c3ccc(Oc4cccc(-n5cc(-c6c(-c7ccccc7)cc(C)cc6-c6ccccc6)cn5)c4)cc32)c1. The van der Waals surface area contributed by atoms with Crippen molar-refractivity contribution in [1.29, 1.82) is 0 Å². The maximum Gasteiger partial charge on any atom is 0.141 e. The Balaban J connectivity index is 1.09. The van der Waals surface area contributed by atoms with E-state index in [-0.39, 0.29) is 0 Å². The van der Waals surface area contributed by atoms with Crippen LogP contribution in [0.15, 0.2) is 170 Å². The van der Waals surface area contributed by atoms with E-state index in [0.717, 1.165) is 55.9 Å². The van der Waals surface area contributed by atoms with E-state index in [0.29, 0.717) is 5.75 Å². The van der Waals surface area contributed by atoms with Gasteiger partial charge in [0.25, 0.3) is 0 Å². The monoisotopic (exact) mass is 674 g/mol. The van der Waals surface area contributed by atoms with E-state index in [2.05, 4.69) is 121 Å². The van der Waals surface area contributed by atoms with Gasteiger partial charge in [-0.25, -0.2) is 9.67 Å². The largest absolute Gasteiger partial charge is 0.497 e. The Kier molecular flexibility index (Phi) is 7.82. The fraction of sp³-hybridized carbons (Fsp3) is 0.0435. The van der Waals surface area contributed by atoms with E-state index in [4.69, 9.17) is 19.6 Å². The van der Waals surface area contributed by atoms with Crippen molar-refractivity contribution < 1.29 is 9.47 Å². The fourth-order valence-corrected chi connectivity index (χ4v) is 7.12. The van der Waals surface area contributed by atoms with Crippen LogP contribution >= 0.6 is 0 Å². The van der Waals surface area contributed by atoms with Crippen molar-refractivity contribution in [3.05, 3.63) is 176 Å². The first kappa shape index (κ1) is 31.1. The normalized spacial score (nSPS) is 11.3. The number of aryl methyl sites for hydroxylation is 1. The minimum absolute atomic E-state index is 0.710. The zero-order chi connectivity index (χ0) is 35.0. The van der Waals surface area contributed by atoms with Crippen molar-refractivity contribution in [3.8, 4) is 62.1 Å². The number of fused-ring (bicyclic) bond motifs is 3. The predicted molar refractivity (Wildman–Crippen MR) is 210 cm³/mol. The third kappa shape index (κ3) is 5.66. The molecule has 0 saturated carbocycles. The first-order valence-corrected chi connectivity index (χ1v) is 17.3. The highest BCUT2D eigenvalue weighted by Crippen LogP contribution is 2.41. The highest BCUT2D eigenvalue weighted by atomic mass is 16.5. The van der Waals surface area contributed by atoms with Gasteiger partial charge in [-0.15, -0.1) is 0 Å². The predicted octanol–water partition coefficient (Wildman–Crippen LogP) is 11.5. The molecule has 0 radical (unpaired) electrons. The Labute approximate surface area is 301 Å². The summed E-state index contributed by atoms with van der Waals surface area (Å²) in [5.41, 5.74) is 11.0. The van der Waals surface area contributed by atoms with E-state index >= 15 is 0 Å². The first-order chi connectivity index (χ1) is 25.6. The lowest BCUT2D eigenvalue weighted by molar-refractivity contribution is 0.414. The molecule has 3 heterocycles. The molecule has 6 aromatic carbocycles. The molecule has 0 aliphatic heterocycles. The number of nitrogens with zero attached hydrogens (tertiary/aromatic N) is 4. The molecule has 0 amide bonds. The van der Waals surface area contributed by atoms with E-state index < -0.39 is 0 Å². The number of methoxy groups -OCH3 is 1. The molecule has 6 nitrogen and oxygen atoms in total. The summed E-state index contributed by atoms with van der Waals surface area (Å²) in [6, 6.07) is 52.1. The molecule has 250 valence electrons. The molecule has 0 aliphatic carbocycles.